The first-order valence-electron chi connectivity index (χ1n) is 10.5. The van der Waals surface area contributed by atoms with Gasteiger partial charge in [-0.3, -0.25) is 18.8 Å². The number of carbonyl (C=O) groups is 2. The maximum atomic E-state index is 13.1. The number of nitrogens with zero attached hydrogens (tertiary/aromatic N) is 6. The van der Waals surface area contributed by atoms with Crippen LogP contribution in [-0.4, -0.2) is 67.8 Å². The molecule has 0 saturated heterocycles. The van der Waals surface area contributed by atoms with Crippen molar-refractivity contribution < 1.29 is 27.5 Å². The van der Waals surface area contributed by atoms with Crippen molar-refractivity contribution in [2.45, 2.75) is 12.9 Å². The minimum absolute atomic E-state index is 0.0619. The molecule has 0 bridgehead atoms. The highest BCUT2D eigenvalue weighted by Crippen LogP contribution is 2.34. The van der Waals surface area contributed by atoms with Gasteiger partial charge in [0.1, 0.15) is 30.7 Å². The largest absolute Gasteiger partial charge is 0.573 e. The van der Waals surface area contributed by atoms with Gasteiger partial charge in [0, 0.05) is 30.7 Å². The first kappa shape index (κ1) is 24.6. The van der Waals surface area contributed by atoms with E-state index in [2.05, 4.69) is 41.0 Å². The molecule has 188 valence electrons. The number of alkyl halides is 3. The van der Waals surface area contributed by atoms with Crippen molar-refractivity contribution >= 4 is 28.4 Å². The summed E-state index contributed by atoms with van der Waals surface area (Å²) in [4.78, 5) is 29.1. The zero-order valence-electron chi connectivity index (χ0n) is 18.8. The van der Waals surface area contributed by atoms with E-state index in [0.29, 0.717) is 24.3 Å². The number of pyridine rings is 1. The summed E-state index contributed by atoms with van der Waals surface area (Å²) in [5.74, 6) is -1.42. The second kappa shape index (κ2) is 10.4. The van der Waals surface area contributed by atoms with Crippen LogP contribution in [0.5, 0.6) is 5.75 Å². The Hall–Kier alpha value is -4.53. The van der Waals surface area contributed by atoms with Crippen LogP contribution in [0.4, 0.5) is 18.9 Å². The number of carbonyl (C=O) groups excluding carboxylic acids is 2. The zero-order valence-corrected chi connectivity index (χ0v) is 18.8. The van der Waals surface area contributed by atoms with Crippen LogP contribution in [-0.2, 0) is 11.3 Å². The van der Waals surface area contributed by atoms with Gasteiger partial charge in [-0.2, -0.15) is 5.10 Å². The third kappa shape index (κ3) is 6.12. The van der Waals surface area contributed by atoms with E-state index in [1.54, 1.807) is 19.2 Å². The Morgan fingerprint density at radius 2 is 1.89 bits per heavy atom. The molecule has 3 aromatic heterocycles. The summed E-state index contributed by atoms with van der Waals surface area (Å²) in [5, 5.41) is 19.8. The van der Waals surface area contributed by atoms with E-state index in [1.807, 2.05) is 0 Å². The van der Waals surface area contributed by atoms with Gasteiger partial charge in [0.05, 0.1) is 11.2 Å². The fourth-order valence-corrected chi connectivity index (χ4v) is 3.22. The van der Waals surface area contributed by atoms with Crippen LogP contribution in [0.3, 0.4) is 0 Å². The molecule has 0 radical (unpaired) electrons. The topological polar surface area (TPSA) is 141 Å². The Labute approximate surface area is 201 Å². The number of nitrogens with one attached hydrogen (secondary N) is 3. The highest BCUT2D eigenvalue weighted by atomic mass is 19.4. The number of hydrogen-bond acceptors (Lipinski definition) is 8. The van der Waals surface area contributed by atoms with Gasteiger partial charge in [-0.1, -0.05) is 6.07 Å². The number of anilines is 1. The lowest BCUT2D eigenvalue weighted by Crippen LogP contribution is -2.33. The van der Waals surface area contributed by atoms with Crippen LogP contribution < -0.4 is 20.7 Å². The van der Waals surface area contributed by atoms with Gasteiger partial charge in [-0.25, -0.2) is 4.98 Å². The molecule has 4 aromatic rings. The third-order valence-electron chi connectivity index (χ3n) is 4.78. The van der Waals surface area contributed by atoms with Crippen LogP contribution in [0.25, 0.3) is 16.7 Å². The summed E-state index contributed by atoms with van der Waals surface area (Å²) >= 11 is 0. The van der Waals surface area contributed by atoms with Gasteiger partial charge in [0.15, 0.2) is 5.75 Å². The van der Waals surface area contributed by atoms with Gasteiger partial charge < -0.3 is 20.7 Å². The average molecular weight is 503 g/mol. The summed E-state index contributed by atoms with van der Waals surface area (Å²) in [5.41, 5.74) is -0.171. The van der Waals surface area contributed by atoms with Crippen molar-refractivity contribution in [3.05, 3.63) is 54.9 Å². The van der Waals surface area contributed by atoms with Crippen molar-refractivity contribution in [3.63, 3.8) is 0 Å². The Morgan fingerprint density at radius 1 is 1.11 bits per heavy atom. The van der Waals surface area contributed by atoms with Crippen molar-refractivity contribution in [1.29, 1.82) is 0 Å². The summed E-state index contributed by atoms with van der Waals surface area (Å²) in [6.07, 6.45) is -0.780. The maximum Gasteiger partial charge on any atom is 0.573 e. The van der Waals surface area contributed by atoms with Gasteiger partial charge in [0.25, 0.3) is 5.91 Å². The second-order valence-electron chi connectivity index (χ2n) is 7.44. The number of ether oxygens (including phenoxy) is 1. The second-order valence-corrected chi connectivity index (χ2v) is 7.44. The molecule has 2 amide bonds. The molecular weight excluding hydrogens is 483 g/mol. The number of benzene rings is 1. The lowest BCUT2D eigenvalue weighted by atomic mass is 10.2. The predicted molar refractivity (Wildman–Crippen MR) is 120 cm³/mol. The van der Waals surface area contributed by atoms with Crippen LogP contribution >= 0.6 is 0 Å². The highest BCUT2D eigenvalue weighted by Gasteiger charge is 2.33. The quantitative estimate of drug-likeness (QED) is 0.292. The maximum absolute atomic E-state index is 13.1. The molecule has 36 heavy (non-hydrogen) atoms. The molecule has 0 fully saturated rings. The molecule has 4 rings (SSSR count). The van der Waals surface area contributed by atoms with Gasteiger partial charge in [0.2, 0.25) is 5.91 Å². The lowest BCUT2D eigenvalue weighted by molar-refractivity contribution is -0.274. The number of likely N-dealkylation sites (N-methyl/N-ethyl adjacent to an activating group) is 1. The molecular formula is C21H20F3N9O3. The number of halogens is 3. The van der Waals surface area contributed by atoms with E-state index in [1.165, 1.54) is 40.2 Å². The Morgan fingerprint density at radius 3 is 2.61 bits per heavy atom. The van der Waals surface area contributed by atoms with E-state index < -0.39 is 18.0 Å². The molecule has 0 aliphatic heterocycles. The first-order valence-corrected chi connectivity index (χ1v) is 10.5. The molecule has 15 heteroatoms. The van der Waals surface area contributed by atoms with Crippen molar-refractivity contribution in [3.8, 4) is 11.6 Å². The molecule has 0 spiro atoms. The predicted octanol–water partition coefficient (Wildman–Crippen LogP) is 1.50. The minimum atomic E-state index is -5.02. The third-order valence-corrected chi connectivity index (χ3v) is 4.78. The summed E-state index contributed by atoms with van der Waals surface area (Å²) in [7, 11) is 1.74. The van der Waals surface area contributed by atoms with Crippen LogP contribution in [0.2, 0.25) is 0 Å². The zero-order chi connectivity index (χ0) is 25.7. The Bertz CT molecular complexity index is 1370. The first-order chi connectivity index (χ1) is 17.2. The summed E-state index contributed by atoms with van der Waals surface area (Å²) < 4.78 is 46.1. The van der Waals surface area contributed by atoms with E-state index in [-0.39, 0.29) is 29.3 Å². The van der Waals surface area contributed by atoms with Crippen molar-refractivity contribution in [2.75, 3.05) is 25.5 Å². The number of amides is 2. The van der Waals surface area contributed by atoms with E-state index in [0.717, 1.165) is 6.07 Å². The average Bonchev–Trinajstić information content (AvgIpc) is 3.48. The van der Waals surface area contributed by atoms with Gasteiger partial charge in [-0.15, -0.1) is 23.4 Å². The van der Waals surface area contributed by atoms with E-state index in [9.17, 15) is 22.8 Å². The smallest absolute Gasteiger partial charge is 0.403 e. The molecule has 0 saturated carbocycles. The standard InChI is InChI=1S/C21H20F3N9O3/c1-25-5-6-26-19(34)10-33-9-13-7-16(17(8-15(13)31-33)36-21(22,23)24)30-20(35)14-3-2-4-18(29-14)32-11-27-28-12-32/h2-4,7-9,11-12,25H,5-6,10H2,1H3,(H,26,34)(H,30,35). The van der Waals surface area contributed by atoms with Gasteiger partial charge >= 0.3 is 6.36 Å². The van der Waals surface area contributed by atoms with E-state index in [4.69, 9.17) is 0 Å². The summed E-state index contributed by atoms with van der Waals surface area (Å²) in [6.45, 7) is 0.836. The number of hydrogen-bond donors (Lipinski definition) is 3. The fraction of sp³-hybridized carbons (Fsp3) is 0.238. The lowest BCUT2D eigenvalue weighted by Gasteiger charge is -2.14. The Balaban J connectivity index is 1.60. The molecule has 3 N–H and O–H groups in total. The van der Waals surface area contributed by atoms with Crippen molar-refractivity contribution in [1.82, 2.24) is 40.2 Å². The number of fused-ring (bicyclic) bond motifs is 1. The molecule has 0 aliphatic rings. The van der Waals surface area contributed by atoms with Crippen LogP contribution in [0.15, 0.2) is 49.2 Å². The molecule has 0 unspecified atom stereocenters. The van der Waals surface area contributed by atoms with Gasteiger partial charge in [-0.05, 0) is 25.2 Å². The molecule has 3 heterocycles. The molecule has 12 nitrogen and oxygen atoms in total. The fourth-order valence-electron chi connectivity index (χ4n) is 3.22. The molecule has 1 aromatic carbocycles. The molecule has 0 atom stereocenters. The monoisotopic (exact) mass is 503 g/mol. The highest BCUT2D eigenvalue weighted by molar-refractivity contribution is 6.05. The Kier molecular flexibility index (Phi) is 7.10. The van der Waals surface area contributed by atoms with Crippen molar-refractivity contribution in [2.24, 2.45) is 0 Å². The summed E-state index contributed by atoms with van der Waals surface area (Å²) in [6, 6.07) is 6.87. The van der Waals surface area contributed by atoms with E-state index >= 15 is 0 Å². The number of rotatable bonds is 9. The van der Waals surface area contributed by atoms with Crippen LogP contribution in [0.1, 0.15) is 10.5 Å². The molecule has 0 aliphatic carbocycles. The van der Waals surface area contributed by atoms with Crippen LogP contribution in [0, 0.1) is 0 Å². The number of aromatic nitrogens is 6. The normalized spacial score (nSPS) is 11.4. The SMILES string of the molecule is CNCCNC(=O)Cn1cc2cc(NC(=O)c3cccc(-n4cnnc4)n3)c(OC(F)(F)F)cc2n1. The minimum Gasteiger partial charge on any atom is -0.403 e.